The number of aromatic amines is 1. The van der Waals surface area contributed by atoms with Gasteiger partial charge in [0.2, 0.25) is 5.88 Å². The van der Waals surface area contributed by atoms with Gasteiger partial charge in [-0.1, -0.05) is 11.6 Å². The summed E-state index contributed by atoms with van der Waals surface area (Å²) in [4.78, 5) is 17.7. The van der Waals surface area contributed by atoms with Crippen LogP contribution in [0.5, 0.6) is 11.6 Å². The molecule has 88 valence electrons. The summed E-state index contributed by atoms with van der Waals surface area (Å²) in [6.45, 7) is 1.87. The standard InChI is InChI=1S/C11H8BrClN2O2/c1-6-4-7(2-3-8(6)13)17-11-9(12)10(16)14-5-15-11/h2-5H,1H3,(H,14,15,16). The quantitative estimate of drug-likeness (QED) is 0.925. The van der Waals surface area contributed by atoms with Crippen molar-refractivity contribution in [1.82, 2.24) is 9.97 Å². The first-order valence-electron chi connectivity index (χ1n) is 4.75. The lowest BCUT2D eigenvalue weighted by Gasteiger charge is -2.06. The molecule has 0 unspecified atom stereocenters. The molecule has 0 saturated heterocycles. The van der Waals surface area contributed by atoms with E-state index < -0.39 is 0 Å². The molecule has 0 atom stereocenters. The van der Waals surface area contributed by atoms with E-state index in [4.69, 9.17) is 16.3 Å². The van der Waals surface area contributed by atoms with Crippen molar-refractivity contribution < 1.29 is 4.74 Å². The largest absolute Gasteiger partial charge is 0.438 e. The number of halogens is 2. The zero-order valence-electron chi connectivity index (χ0n) is 8.83. The van der Waals surface area contributed by atoms with Crippen molar-refractivity contribution in [3.63, 3.8) is 0 Å². The second-order valence-electron chi connectivity index (χ2n) is 3.36. The third-order valence-electron chi connectivity index (χ3n) is 2.11. The summed E-state index contributed by atoms with van der Waals surface area (Å²) in [7, 11) is 0. The first-order chi connectivity index (χ1) is 8.08. The van der Waals surface area contributed by atoms with E-state index in [1.807, 2.05) is 6.92 Å². The Balaban J connectivity index is 2.35. The molecule has 4 nitrogen and oxygen atoms in total. The number of ether oxygens (including phenoxy) is 1. The number of aromatic nitrogens is 2. The summed E-state index contributed by atoms with van der Waals surface area (Å²) in [6, 6.07) is 5.22. The topological polar surface area (TPSA) is 55.0 Å². The number of H-pyrrole nitrogens is 1. The van der Waals surface area contributed by atoms with E-state index in [-0.39, 0.29) is 15.9 Å². The smallest absolute Gasteiger partial charge is 0.268 e. The van der Waals surface area contributed by atoms with Crippen molar-refractivity contribution in [2.24, 2.45) is 0 Å². The van der Waals surface area contributed by atoms with E-state index in [1.165, 1.54) is 6.33 Å². The SMILES string of the molecule is Cc1cc(Oc2nc[nH]c(=O)c2Br)ccc1Cl. The zero-order valence-corrected chi connectivity index (χ0v) is 11.2. The van der Waals surface area contributed by atoms with Crippen LogP contribution in [0.1, 0.15) is 5.56 Å². The number of nitrogens with one attached hydrogen (secondary N) is 1. The Labute approximate surface area is 111 Å². The number of hydrogen-bond acceptors (Lipinski definition) is 3. The summed E-state index contributed by atoms with van der Waals surface area (Å²) in [6.07, 6.45) is 1.28. The van der Waals surface area contributed by atoms with Crippen LogP contribution in [0.25, 0.3) is 0 Å². The van der Waals surface area contributed by atoms with Gasteiger partial charge in [0.05, 0.1) is 6.33 Å². The molecule has 6 heteroatoms. The summed E-state index contributed by atoms with van der Waals surface area (Å²) in [5, 5.41) is 0.662. The van der Waals surface area contributed by atoms with Crippen LogP contribution in [-0.2, 0) is 0 Å². The molecule has 0 fully saturated rings. The molecule has 0 bridgehead atoms. The van der Waals surface area contributed by atoms with Gasteiger partial charge in [-0.25, -0.2) is 4.98 Å². The summed E-state index contributed by atoms with van der Waals surface area (Å²) >= 11 is 9.02. The normalized spacial score (nSPS) is 10.3. The summed E-state index contributed by atoms with van der Waals surface area (Å²) in [5.74, 6) is 0.793. The fourth-order valence-corrected chi connectivity index (χ4v) is 1.65. The van der Waals surface area contributed by atoms with Gasteiger partial charge in [0.25, 0.3) is 5.56 Å². The third-order valence-corrected chi connectivity index (χ3v) is 3.23. The maximum absolute atomic E-state index is 11.3. The van der Waals surface area contributed by atoms with E-state index in [2.05, 4.69) is 25.9 Å². The fraction of sp³-hybridized carbons (Fsp3) is 0.0909. The second-order valence-corrected chi connectivity index (χ2v) is 4.56. The van der Waals surface area contributed by atoms with E-state index in [1.54, 1.807) is 18.2 Å². The van der Waals surface area contributed by atoms with Gasteiger partial charge in [0, 0.05) is 5.02 Å². The minimum absolute atomic E-state index is 0.218. The highest BCUT2D eigenvalue weighted by Gasteiger charge is 2.08. The molecule has 2 aromatic rings. The molecule has 17 heavy (non-hydrogen) atoms. The molecule has 2 rings (SSSR count). The molecule has 0 aliphatic heterocycles. The highest BCUT2D eigenvalue weighted by molar-refractivity contribution is 9.10. The molecule has 0 amide bonds. The van der Waals surface area contributed by atoms with Crippen molar-refractivity contribution >= 4 is 27.5 Å². The average molecular weight is 316 g/mol. The molecule has 1 aromatic carbocycles. The van der Waals surface area contributed by atoms with Crippen LogP contribution in [0.2, 0.25) is 5.02 Å². The fourth-order valence-electron chi connectivity index (χ4n) is 1.23. The monoisotopic (exact) mass is 314 g/mol. The van der Waals surface area contributed by atoms with Crippen molar-refractivity contribution in [3.8, 4) is 11.6 Å². The van der Waals surface area contributed by atoms with Gasteiger partial charge in [0.1, 0.15) is 10.2 Å². The minimum Gasteiger partial charge on any atom is -0.438 e. The Morgan fingerprint density at radius 2 is 2.24 bits per heavy atom. The Hall–Kier alpha value is -1.33. The Morgan fingerprint density at radius 1 is 1.47 bits per heavy atom. The molecule has 0 spiro atoms. The van der Waals surface area contributed by atoms with Crippen molar-refractivity contribution in [1.29, 1.82) is 0 Å². The number of nitrogens with zero attached hydrogens (tertiary/aromatic N) is 1. The minimum atomic E-state index is -0.291. The highest BCUT2D eigenvalue weighted by atomic mass is 79.9. The van der Waals surface area contributed by atoms with Crippen LogP contribution in [0.4, 0.5) is 0 Å². The van der Waals surface area contributed by atoms with Crippen LogP contribution in [0.15, 0.2) is 33.8 Å². The lowest BCUT2D eigenvalue weighted by atomic mass is 10.2. The molecule has 0 saturated carbocycles. The first kappa shape index (κ1) is 12.1. The highest BCUT2D eigenvalue weighted by Crippen LogP contribution is 2.27. The van der Waals surface area contributed by atoms with Crippen LogP contribution >= 0.6 is 27.5 Å². The van der Waals surface area contributed by atoms with E-state index in [9.17, 15) is 4.79 Å². The molecule has 0 aliphatic rings. The Morgan fingerprint density at radius 3 is 2.94 bits per heavy atom. The predicted octanol–water partition coefficient (Wildman–Crippen LogP) is 3.29. The van der Waals surface area contributed by atoms with Crippen LogP contribution in [0, 0.1) is 6.92 Å². The number of aryl methyl sites for hydroxylation is 1. The van der Waals surface area contributed by atoms with Crippen molar-refractivity contribution in [3.05, 3.63) is 49.9 Å². The first-order valence-corrected chi connectivity index (χ1v) is 5.92. The summed E-state index contributed by atoms with van der Waals surface area (Å²) < 4.78 is 5.75. The maximum Gasteiger partial charge on any atom is 0.268 e. The maximum atomic E-state index is 11.3. The number of benzene rings is 1. The molecular formula is C11H8BrClN2O2. The van der Waals surface area contributed by atoms with Gasteiger partial charge >= 0.3 is 0 Å². The van der Waals surface area contributed by atoms with Gasteiger partial charge < -0.3 is 9.72 Å². The van der Waals surface area contributed by atoms with Gasteiger partial charge in [-0.3, -0.25) is 4.79 Å². The van der Waals surface area contributed by atoms with Crippen LogP contribution < -0.4 is 10.3 Å². The number of hydrogen-bond donors (Lipinski definition) is 1. The molecule has 1 N–H and O–H groups in total. The van der Waals surface area contributed by atoms with Crippen LogP contribution in [0.3, 0.4) is 0 Å². The van der Waals surface area contributed by atoms with E-state index in [0.29, 0.717) is 10.8 Å². The van der Waals surface area contributed by atoms with Crippen LogP contribution in [-0.4, -0.2) is 9.97 Å². The molecule has 0 radical (unpaired) electrons. The van der Waals surface area contributed by atoms with Gasteiger partial charge in [-0.15, -0.1) is 0 Å². The predicted molar refractivity (Wildman–Crippen MR) is 68.8 cm³/mol. The van der Waals surface area contributed by atoms with E-state index >= 15 is 0 Å². The molecule has 1 aromatic heterocycles. The molecule has 0 aliphatic carbocycles. The third kappa shape index (κ3) is 2.68. The van der Waals surface area contributed by atoms with Crippen molar-refractivity contribution in [2.75, 3.05) is 0 Å². The van der Waals surface area contributed by atoms with E-state index in [0.717, 1.165) is 5.56 Å². The lowest BCUT2D eigenvalue weighted by Crippen LogP contribution is -2.08. The average Bonchev–Trinajstić information content (AvgIpc) is 2.30. The molecular weight excluding hydrogens is 307 g/mol. The van der Waals surface area contributed by atoms with Gasteiger partial charge in [-0.05, 0) is 46.6 Å². The summed E-state index contributed by atoms with van der Waals surface area (Å²) in [5.41, 5.74) is 0.603. The Bertz CT molecular complexity index is 613. The zero-order chi connectivity index (χ0) is 12.4. The lowest BCUT2D eigenvalue weighted by molar-refractivity contribution is 0.456. The number of rotatable bonds is 2. The molecule has 1 heterocycles. The van der Waals surface area contributed by atoms with Gasteiger partial charge in [-0.2, -0.15) is 0 Å². The van der Waals surface area contributed by atoms with Crippen molar-refractivity contribution in [2.45, 2.75) is 6.92 Å². The second kappa shape index (κ2) is 4.89. The van der Waals surface area contributed by atoms with Gasteiger partial charge in [0.15, 0.2) is 0 Å². The Kier molecular flexibility index (Phi) is 3.49.